The van der Waals surface area contributed by atoms with Crippen molar-refractivity contribution in [2.24, 2.45) is 5.73 Å². The van der Waals surface area contributed by atoms with Crippen molar-refractivity contribution in [3.8, 4) is 0 Å². The molecule has 1 fully saturated rings. The number of hydrogen-bond donors (Lipinski definition) is 4. The van der Waals surface area contributed by atoms with E-state index in [0.29, 0.717) is 0 Å². The van der Waals surface area contributed by atoms with Gasteiger partial charge in [0.1, 0.15) is 17.8 Å². The summed E-state index contributed by atoms with van der Waals surface area (Å²) in [7, 11) is 1.38. The summed E-state index contributed by atoms with van der Waals surface area (Å²) in [6.07, 6.45) is -1.08. The van der Waals surface area contributed by atoms with Gasteiger partial charge in [0, 0.05) is 13.2 Å². The molecule has 23 heavy (non-hydrogen) atoms. The van der Waals surface area contributed by atoms with Gasteiger partial charge >= 0.3 is 0 Å². The fourth-order valence-corrected chi connectivity index (χ4v) is 2.95. The van der Waals surface area contributed by atoms with E-state index in [0.717, 1.165) is 0 Å². The van der Waals surface area contributed by atoms with E-state index in [2.05, 4.69) is 12.2 Å². The second-order valence-electron chi connectivity index (χ2n) is 4.90. The Kier molecular flexibility index (Phi) is 6.15. The van der Waals surface area contributed by atoms with E-state index in [1.54, 1.807) is 12.3 Å². The Morgan fingerprint density at radius 2 is 2.26 bits per heavy atom. The molecule has 0 aromatic carbocycles. The highest BCUT2D eigenvalue weighted by molar-refractivity contribution is 8.60. The first kappa shape index (κ1) is 18.8. The molecular weight excluding hydrogens is 363 g/mol. The van der Waals surface area contributed by atoms with Crippen LogP contribution in [-0.4, -0.2) is 48.1 Å². The Labute approximate surface area is 143 Å². The Morgan fingerprint density at radius 1 is 1.57 bits per heavy atom. The van der Waals surface area contributed by atoms with Gasteiger partial charge in [0.15, 0.2) is 18.5 Å². The fraction of sp³-hybridized carbons (Fsp3) is 0.500. The van der Waals surface area contributed by atoms with E-state index >= 15 is 0 Å². The minimum absolute atomic E-state index is 0.0839. The molecule has 11 heteroatoms. The third kappa shape index (κ3) is 4.49. The number of nitrogens with zero attached hydrogens (tertiary/aromatic N) is 1. The molecule has 128 valence electrons. The van der Waals surface area contributed by atoms with Crippen molar-refractivity contribution < 1.29 is 33.4 Å². The molecular formula is C12H18N2O6PS2+. The second kappa shape index (κ2) is 7.54. The second-order valence-corrected chi connectivity index (χ2v) is 10.3. The number of primary amides is 1. The summed E-state index contributed by atoms with van der Waals surface area (Å²) in [5, 5.41) is 20.3. The molecule has 1 aromatic heterocycles. The lowest BCUT2D eigenvalue weighted by molar-refractivity contribution is -0.765. The highest BCUT2D eigenvalue weighted by Crippen LogP contribution is 2.52. The van der Waals surface area contributed by atoms with Crippen LogP contribution in [0, 0.1) is 0 Å². The van der Waals surface area contributed by atoms with Gasteiger partial charge in [-0.1, -0.05) is 12.2 Å². The van der Waals surface area contributed by atoms with Crippen LogP contribution in [0.3, 0.4) is 0 Å². The minimum Gasteiger partial charge on any atom is -0.387 e. The highest BCUT2D eigenvalue weighted by atomic mass is 32.9. The van der Waals surface area contributed by atoms with E-state index in [9.17, 15) is 15.0 Å². The van der Waals surface area contributed by atoms with Crippen LogP contribution in [-0.2, 0) is 25.6 Å². The van der Waals surface area contributed by atoms with Crippen molar-refractivity contribution >= 4 is 35.7 Å². The third-order valence-corrected chi connectivity index (χ3v) is 5.91. The number of aromatic nitrogens is 1. The van der Waals surface area contributed by atoms with Crippen LogP contribution in [0.4, 0.5) is 0 Å². The Hall–Kier alpha value is -0.580. The van der Waals surface area contributed by atoms with E-state index in [1.807, 2.05) is 0 Å². The van der Waals surface area contributed by atoms with Crippen LogP contribution in [0.1, 0.15) is 16.6 Å². The van der Waals surface area contributed by atoms with Gasteiger partial charge in [0.05, 0.1) is 6.61 Å². The summed E-state index contributed by atoms with van der Waals surface area (Å²) in [5.41, 5.74) is 2.78. The van der Waals surface area contributed by atoms with Crippen molar-refractivity contribution in [3.63, 3.8) is 0 Å². The average molecular weight is 381 g/mol. The van der Waals surface area contributed by atoms with Gasteiger partial charge in [0.25, 0.3) is 12.1 Å². The zero-order chi connectivity index (χ0) is 17.2. The summed E-state index contributed by atoms with van der Waals surface area (Å²) in [4.78, 5) is 11.2. The smallest absolute Gasteiger partial charge is 0.292 e. The SMILES string of the molecule is COP(=S)(S)OC[C@H]1OC([n+]2cccc(C(N)=O)c2)[C@H](O)[C@@H]1O. The van der Waals surface area contributed by atoms with Gasteiger partial charge in [-0.3, -0.25) is 4.79 Å². The van der Waals surface area contributed by atoms with Gasteiger partial charge in [-0.2, -0.15) is 4.57 Å². The van der Waals surface area contributed by atoms with Gasteiger partial charge in [-0.25, -0.2) is 0 Å². The summed E-state index contributed by atoms with van der Waals surface area (Å²) in [6.45, 7) is -0.0839. The number of aliphatic hydroxyl groups excluding tert-OH is 2. The first-order valence-electron chi connectivity index (χ1n) is 6.60. The molecule has 0 bridgehead atoms. The molecule has 2 unspecified atom stereocenters. The van der Waals surface area contributed by atoms with E-state index in [4.69, 9.17) is 31.3 Å². The number of carbonyl (C=O) groups is 1. The number of hydrogen-bond acceptors (Lipinski definition) is 7. The van der Waals surface area contributed by atoms with Crippen molar-refractivity contribution in [2.75, 3.05) is 13.7 Å². The average Bonchev–Trinajstić information content (AvgIpc) is 2.81. The highest BCUT2D eigenvalue weighted by Gasteiger charge is 2.48. The molecule has 1 aromatic rings. The van der Waals surface area contributed by atoms with Gasteiger partial charge < -0.3 is 29.7 Å². The number of carbonyl (C=O) groups excluding carboxylic acids is 1. The molecule has 5 atom stereocenters. The number of ether oxygens (including phenoxy) is 1. The molecule has 1 saturated heterocycles. The van der Waals surface area contributed by atoms with Crippen LogP contribution in [0.5, 0.6) is 0 Å². The van der Waals surface area contributed by atoms with Crippen molar-refractivity contribution in [1.82, 2.24) is 0 Å². The molecule has 1 amide bonds. The molecule has 0 aliphatic carbocycles. The number of nitrogens with two attached hydrogens (primary N) is 1. The van der Waals surface area contributed by atoms with Crippen molar-refractivity contribution in [3.05, 3.63) is 30.1 Å². The van der Waals surface area contributed by atoms with Gasteiger partial charge in [-0.15, -0.1) is 0 Å². The summed E-state index contributed by atoms with van der Waals surface area (Å²) >= 11 is 9.06. The molecule has 4 N–H and O–H groups in total. The Morgan fingerprint density at radius 3 is 2.87 bits per heavy atom. The molecule has 0 saturated carbocycles. The van der Waals surface area contributed by atoms with Gasteiger partial charge in [-0.05, 0) is 17.9 Å². The Bertz CT molecular complexity index is 633. The van der Waals surface area contributed by atoms with Crippen LogP contribution < -0.4 is 10.3 Å². The molecule has 1 aliphatic heterocycles. The molecule has 0 radical (unpaired) electrons. The predicted molar refractivity (Wildman–Crippen MR) is 87.3 cm³/mol. The lowest BCUT2D eigenvalue weighted by atomic mass is 10.1. The maximum atomic E-state index is 11.2. The van der Waals surface area contributed by atoms with Crippen LogP contribution >= 0.6 is 17.9 Å². The Balaban J connectivity index is 2.12. The lowest BCUT2D eigenvalue weighted by Gasteiger charge is -2.18. The number of amides is 1. The zero-order valence-electron chi connectivity index (χ0n) is 12.2. The predicted octanol–water partition coefficient (Wildman–Crippen LogP) is -0.491. The number of pyridine rings is 1. The summed E-state index contributed by atoms with van der Waals surface area (Å²) in [6, 6.07) is 3.12. The van der Waals surface area contributed by atoms with Crippen molar-refractivity contribution in [1.29, 1.82) is 0 Å². The maximum absolute atomic E-state index is 11.2. The first-order chi connectivity index (χ1) is 10.7. The zero-order valence-corrected chi connectivity index (χ0v) is 14.8. The van der Waals surface area contributed by atoms with E-state index < -0.39 is 36.1 Å². The summed E-state index contributed by atoms with van der Waals surface area (Å²) in [5.74, 6) is -0.608. The molecule has 2 rings (SSSR count). The molecule has 1 aliphatic rings. The van der Waals surface area contributed by atoms with Gasteiger partial charge in [0.2, 0.25) is 5.69 Å². The molecule has 0 spiro atoms. The topological polar surface area (TPSA) is 115 Å². The van der Waals surface area contributed by atoms with Crippen LogP contribution in [0.15, 0.2) is 24.5 Å². The fourth-order valence-electron chi connectivity index (χ4n) is 2.13. The maximum Gasteiger partial charge on any atom is 0.292 e. The monoisotopic (exact) mass is 381 g/mol. The first-order valence-corrected chi connectivity index (χ1v) is 10.4. The third-order valence-electron chi connectivity index (χ3n) is 3.37. The largest absolute Gasteiger partial charge is 0.387 e. The standard InChI is InChI=1S/C12H17N2O6PS2/c1-18-21(22,23)19-6-8-9(15)10(16)12(20-8)14-4-2-3-7(5-14)11(13)17/h2-5,8-10,12,15-16H,6H2,1H3,(H2-,13,17,22,23)/p+1/t8-,9-,10-,12?/m1/s1. The number of aliphatic hydroxyl groups is 2. The van der Waals surface area contributed by atoms with Crippen molar-refractivity contribution in [2.45, 2.75) is 24.5 Å². The van der Waals surface area contributed by atoms with E-state index in [-0.39, 0.29) is 12.2 Å². The lowest BCUT2D eigenvalue weighted by Crippen LogP contribution is -2.46. The molecule has 8 nitrogen and oxygen atoms in total. The normalized spacial score (nSPS) is 30.1. The quantitative estimate of drug-likeness (QED) is 0.299. The van der Waals surface area contributed by atoms with Crippen LogP contribution in [0.2, 0.25) is 0 Å². The van der Waals surface area contributed by atoms with E-state index in [1.165, 1.54) is 23.9 Å². The molecule has 2 heterocycles. The van der Waals surface area contributed by atoms with Crippen LogP contribution in [0.25, 0.3) is 0 Å². The number of thiol groups is 1. The number of rotatable bonds is 6. The summed E-state index contributed by atoms with van der Waals surface area (Å²) < 4.78 is 17.3. The minimum atomic E-state index is -2.70.